The predicted octanol–water partition coefficient (Wildman–Crippen LogP) is 10.1. The van der Waals surface area contributed by atoms with E-state index in [0.29, 0.717) is 55.2 Å². The van der Waals surface area contributed by atoms with Crippen LogP contribution in [0, 0.1) is 18.6 Å². The molecule has 15 heteroatoms. The molecule has 60 heavy (non-hydrogen) atoms. The smallest absolute Gasteiger partial charge is 0.352 e. The van der Waals surface area contributed by atoms with Crippen molar-refractivity contribution >= 4 is 11.8 Å². The molecule has 0 aliphatic heterocycles. The lowest BCUT2D eigenvalue weighted by Gasteiger charge is -2.15. The first-order valence-corrected chi connectivity index (χ1v) is 18.9. The van der Waals surface area contributed by atoms with Crippen LogP contribution in [-0.2, 0) is 38.7 Å². The van der Waals surface area contributed by atoms with Crippen molar-refractivity contribution in [3.05, 3.63) is 165 Å². The Hall–Kier alpha value is -6.38. The van der Waals surface area contributed by atoms with E-state index in [2.05, 4.69) is 20.7 Å². The van der Waals surface area contributed by atoms with Crippen LogP contribution in [0.15, 0.2) is 103 Å². The summed E-state index contributed by atoms with van der Waals surface area (Å²) in [5.41, 5.74) is 0.998. The molecule has 0 fully saturated rings. The molecule has 0 atom stereocenters. The van der Waals surface area contributed by atoms with Gasteiger partial charge in [0, 0.05) is 49.6 Å². The van der Waals surface area contributed by atoms with E-state index >= 15 is 4.39 Å². The van der Waals surface area contributed by atoms with Crippen molar-refractivity contribution in [3.63, 3.8) is 0 Å². The number of alkyl halides is 6. The summed E-state index contributed by atoms with van der Waals surface area (Å²) >= 11 is 0. The summed E-state index contributed by atoms with van der Waals surface area (Å²) in [7, 11) is 1.68. The molecule has 2 aromatic heterocycles. The highest BCUT2D eigenvalue weighted by Crippen LogP contribution is 2.38. The van der Waals surface area contributed by atoms with Crippen LogP contribution >= 0.6 is 0 Å². The van der Waals surface area contributed by atoms with Crippen LogP contribution in [0.1, 0.15) is 72.9 Å². The van der Waals surface area contributed by atoms with Crippen molar-refractivity contribution in [3.8, 4) is 22.3 Å². The Morgan fingerprint density at radius 3 is 1.75 bits per heavy atom. The fourth-order valence-electron chi connectivity index (χ4n) is 6.76. The van der Waals surface area contributed by atoms with Crippen molar-refractivity contribution in [1.29, 1.82) is 0 Å². The van der Waals surface area contributed by atoms with Crippen molar-refractivity contribution in [2.45, 2.75) is 51.4 Å². The highest BCUT2D eigenvalue weighted by Gasteiger charge is 2.36. The molecule has 0 bridgehead atoms. The van der Waals surface area contributed by atoms with Crippen molar-refractivity contribution in [1.82, 2.24) is 25.4 Å². The zero-order valence-corrected chi connectivity index (χ0v) is 32.4. The number of aromatic nitrogens is 3. The molecule has 0 saturated carbocycles. The highest BCUT2D eigenvalue weighted by molar-refractivity contribution is 5.94. The average Bonchev–Trinajstić information content (AvgIpc) is 3.56. The maximum atomic E-state index is 15.4. The number of aryl methyl sites for hydroxylation is 4. The first kappa shape index (κ1) is 43.2. The quantitative estimate of drug-likeness (QED) is 0.0845. The Morgan fingerprint density at radius 1 is 0.650 bits per heavy atom. The number of nitrogens with one attached hydrogen (secondary N) is 2. The molecule has 0 radical (unpaired) electrons. The van der Waals surface area contributed by atoms with Gasteiger partial charge < -0.3 is 10.6 Å². The molecule has 0 saturated heterocycles. The second-order valence-corrected chi connectivity index (χ2v) is 14.3. The van der Waals surface area contributed by atoms with E-state index in [1.54, 1.807) is 56.4 Å². The first-order valence-electron chi connectivity index (χ1n) is 18.9. The Kier molecular flexibility index (Phi) is 13.2. The summed E-state index contributed by atoms with van der Waals surface area (Å²) in [6.45, 7) is 2.45. The second kappa shape index (κ2) is 18.3. The van der Waals surface area contributed by atoms with E-state index in [1.807, 2.05) is 0 Å². The van der Waals surface area contributed by atoms with Crippen LogP contribution in [0.2, 0.25) is 0 Å². The molecule has 6 aromatic rings. The Bertz CT molecular complexity index is 2460. The number of carbonyl (C=O) groups is 2. The van der Waals surface area contributed by atoms with Crippen molar-refractivity contribution in [2.75, 3.05) is 13.1 Å². The third-order valence-electron chi connectivity index (χ3n) is 9.83. The molecule has 2 heterocycles. The molecule has 2 N–H and O–H groups in total. The zero-order chi connectivity index (χ0) is 43.2. The van der Waals surface area contributed by atoms with Gasteiger partial charge in [-0.05, 0) is 96.8 Å². The normalized spacial score (nSPS) is 11.8. The van der Waals surface area contributed by atoms with Crippen LogP contribution in [0.5, 0.6) is 0 Å². The lowest BCUT2D eigenvalue weighted by atomic mass is 9.95. The summed E-state index contributed by atoms with van der Waals surface area (Å²) < 4.78 is 113. The van der Waals surface area contributed by atoms with Gasteiger partial charge in [-0.1, -0.05) is 60.7 Å². The molecule has 6 rings (SSSR count). The van der Waals surface area contributed by atoms with Gasteiger partial charge in [0.1, 0.15) is 17.3 Å². The van der Waals surface area contributed by atoms with Gasteiger partial charge in [-0.3, -0.25) is 19.3 Å². The van der Waals surface area contributed by atoms with Crippen LogP contribution < -0.4 is 10.6 Å². The van der Waals surface area contributed by atoms with Crippen molar-refractivity contribution in [2.24, 2.45) is 7.05 Å². The maximum absolute atomic E-state index is 15.4. The third kappa shape index (κ3) is 10.6. The van der Waals surface area contributed by atoms with Crippen LogP contribution in [0.25, 0.3) is 22.3 Å². The van der Waals surface area contributed by atoms with Gasteiger partial charge in [0.25, 0.3) is 11.8 Å². The minimum absolute atomic E-state index is 0.0698. The van der Waals surface area contributed by atoms with Gasteiger partial charge in [0.2, 0.25) is 0 Å². The minimum atomic E-state index is -4.96. The first-order chi connectivity index (χ1) is 28.5. The maximum Gasteiger partial charge on any atom is 0.419 e. The van der Waals surface area contributed by atoms with Gasteiger partial charge in [-0.25, -0.2) is 8.78 Å². The molecule has 2 amide bonds. The summed E-state index contributed by atoms with van der Waals surface area (Å²) in [6.07, 6.45) is -6.36. The summed E-state index contributed by atoms with van der Waals surface area (Å²) in [5.74, 6) is -3.42. The van der Waals surface area contributed by atoms with E-state index in [1.165, 1.54) is 47.3 Å². The fraction of sp³-hybridized carbons (Fsp3) is 0.244. The van der Waals surface area contributed by atoms with Crippen LogP contribution in [-0.4, -0.2) is 39.7 Å². The SMILES string of the molecule is Cc1cc(C(=O)NCCCc2ccc(-c3cc(Cc4ccc(C(=O)NCCCc5ccc(-c6cccc(C(F)(F)F)c6F)cc5)cn4)cc(C(F)(F)F)c3F)cc2)n(C)n1. The number of amides is 2. The average molecular weight is 834 g/mol. The number of hydrogen-bond acceptors (Lipinski definition) is 4. The number of benzene rings is 4. The van der Waals surface area contributed by atoms with Gasteiger partial charge in [-0.2, -0.15) is 31.4 Å². The van der Waals surface area contributed by atoms with Gasteiger partial charge in [0.05, 0.1) is 22.4 Å². The lowest BCUT2D eigenvalue weighted by Crippen LogP contribution is -2.26. The molecular formula is C45H39F8N5O2. The standard InChI is InChI=1S/C45H39F8N5O2/c1-27-22-39(58(2)57-27)43(60)55-21-5-7-29-12-16-32(17-13-29)36-24-30(25-38(41(36)47)45(51,52)53)23-34-19-18-33(26-56-34)42(59)54-20-4-6-28-10-14-31(15-11-28)35-8-3-9-37(40(35)46)44(48,49)50/h3,8-19,22,24-26H,4-7,20-21,23H2,1-2H3,(H,54,59)(H,55,60). The zero-order valence-electron chi connectivity index (χ0n) is 32.4. The van der Waals surface area contributed by atoms with Gasteiger partial charge in [-0.15, -0.1) is 0 Å². The van der Waals surface area contributed by atoms with E-state index in [-0.39, 0.29) is 46.7 Å². The molecule has 7 nitrogen and oxygen atoms in total. The van der Waals surface area contributed by atoms with E-state index < -0.39 is 41.0 Å². The van der Waals surface area contributed by atoms with Gasteiger partial charge >= 0.3 is 12.4 Å². The third-order valence-corrected chi connectivity index (χ3v) is 9.83. The van der Waals surface area contributed by atoms with E-state index in [0.717, 1.165) is 29.0 Å². The largest absolute Gasteiger partial charge is 0.419 e. The minimum Gasteiger partial charge on any atom is -0.352 e. The Morgan fingerprint density at radius 2 is 1.22 bits per heavy atom. The van der Waals surface area contributed by atoms with Crippen LogP contribution in [0.3, 0.4) is 0 Å². The molecule has 0 aliphatic rings. The molecule has 0 aliphatic carbocycles. The highest BCUT2D eigenvalue weighted by atomic mass is 19.4. The molecule has 0 spiro atoms. The number of pyridine rings is 1. The lowest BCUT2D eigenvalue weighted by molar-refractivity contribution is -0.140. The summed E-state index contributed by atoms with van der Waals surface area (Å²) in [6, 6.07) is 22.9. The Balaban J connectivity index is 1.02. The number of carbonyl (C=O) groups excluding carboxylic acids is 2. The topological polar surface area (TPSA) is 88.9 Å². The molecule has 312 valence electrons. The molecular weight excluding hydrogens is 795 g/mol. The van der Waals surface area contributed by atoms with Gasteiger partial charge in [0.15, 0.2) is 0 Å². The van der Waals surface area contributed by atoms with Crippen molar-refractivity contribution < 1.29 is 44.7 Å². The number of rotatable bonds is 14. The molecule has 0 unspecified atom stereocenters. The van der Waals surface area contributed by atoms with E-state index in [4.69, 9.17) is 0 Å². The van der Waals surface area contributed by atoms with Crippen LogP contribution in [0.4, 0.5) is 35.1 Å². The monoisotopic (exact) mass is 833 g/mol. The number of halogens is 8. The number of nitrogens with zero attached hydrogens (tertiary/aromatic N) is 3. The predicted molar refractivity (Wildman–Crippen MR) is 210 cm³/mol. The Labute approximate surface area is 340 Å². The second-order valence-electron chi connectivity index (χ2n) is 14.3. The number of hydrogen-bond donors (Lipinski definition) is 2. The summed E-state index contributed by atoms with van der Waals surface area (Å²) in [4.78, 5) is 29.5. The van der Waals surface area contributed by atoms with E-state index in [9.17, 15) is 40.3 Å². The fourth-order valence-corrected chi connectivity index (χ4v) is 6.76. The summed E-state index contributed by atoms with van der Waals surface area (Å²) in [5, 5.41) is 9.77. The molecule has 4 aromatic carbocycles.